The van der Waals surface area contributed by atoms with Gasteiger partial charge in [0.15, 0.2) is 0 Å². The predicted octanol–water partition coefficient (Wildman–Crippen LogP) is 3.08. The Balaban J connectivity index is 2.16. The molecule has 0 unspecified atom stereocenters. The number of hydrogen-bond donors (Lipinski definition) is 3. The summed E-state index contributed by atoms with van der Waals surface area (Å²) in [4.78, 5) is 52.0. The molecule has 2 rings (SSSR count). The van der Waals surface area contributed by atoms with Crippen LogP contribution in [0.2, 0.25) is 0 Å². The SMILES string of the molecule is CC(C)C[C@H](NC(=O)[C@H](C)NC(=O)C1(c2ccccc2)CCN(C(=O)OC(C)(C)C)CC1)C(=O)O. The molecule has 35 heavy (non-hydrogen) atoms. The number of amides is 3. The third-order valence-corrected chi connectivity index (χ3v) is 6.09. The van der Waals surface area contributed by atoms with Crippen molar-refractivity contribution in [3.05, 3.63) is 35.9 Å². The van der Waals surface area contributed by atoms with Crippen molar-refractivity contribution in [1.82, 2.24) is 15.5 Å². The van der Waals surface area contributed by atoms with Crippen LogP contribution >= 0.6 is 0 Å². The second-order valence-electron chi connectivity index (χ2n) is 10.6. The number of nitrogens with one attached hydrogen (secondary N) is 2. The first kappa shape index (κ1) is 28.1. The van der Waals surface area contributed by atoms with Crippen molar-refractivity contribution in [3.63, 3.8) is 0 Å². The lowest BCUT2D eigenvalue weighted by Gasteiger charge is -2.41. The van der Waals surface area contributed by atoms with E-state index in [0.717, 1.165) is 5.56 Å². The molecule has 9 nitrogen and oxygen atoms in total. The molecule has 0 saturated carbocycles. The molecule has 0 aliphatic carbocycles. The number of ether oxygens (including phenoxy) is 1. The van der Waals surface area contributed by atoms with E-state index in [1.807, 2.05) is 44.2 Å². The van der Waals surface area contributed by atoms with Gasteiger partial charge in [-0.25, -0.2) is 9.59 Å². The summed E-state index contributed by atoms with van der Waals surface area (Å²) >= 11 is 0. The molecule has 3 amide bonds. The van der Waals surface area contributed by atoms with Crippen LogP contribution in [0.4, 0.5) is 4.79 Å². The molecular formula is C26H39N3O6. The number of rotatable bonds is 8. The quantitative estimate of drug-likeness (QED) is 0.515. The summed E-state index contributed by atoms with van der Waals surface area (Å²) in [7, 11) is 0. The van der Waals surface area contributed by atoms with E-state index in [-0.39, 0.29) is 18.2 Å². The second-order valence-corrected chi connectivity index (χ2v) is 10.6. The first-order valence-electron chi connectivity index (χ1n) is 12.1. The molecule has 2 atom stereocenters. The van der Waals surface area contributed by atoms with Gasteiger partial charge in [0.05, 0.1) is 5.41 Å². The van der Waals surface area contributed by atoms with E-state index < -0.39 is 41.1 Å². The molecule has 1 aromatic rings. The molecule has 0 radical (unpaired) electrons. The van der Waals surface area contributed by atoms with Crippen LogP contribution in [0.3, 0.4) is 0 Å². The molecule has 1 aromatic carbocycles. The molecule has 1 heterocycles. The van der Waals surface area contributed by atoms with Crippen LogP contribution in [0.1, 0.15) is 66.4 Å². The van der Waals surface area contributed by atoms with Crippen molar-refractivity contribution in [2.45, 2.75) is 83.9 Å². The first-order valence-corrected chi connectivity index (χ1v) is 12.1. The van der Waals surface area contributed by atoms with Crippen molar-refractivity contribution < 1.29 is 29.0 Å². The average molecular weight is 490 g/mol. The van der Waals surface area contributed by atoms with Crippen molar-refractivity contribution in [3.8, 4) is 0 Å². The number of likely N-dealkylation sites (tertiary alicyclic amines) is 1. The molecule has 0 bridgehead atoms. The Morgan fingerprint density at radius 3 is 2.09 bits per heavy atom. The zero-order valence-corrected chi connectivity index (χ0v) is 21.6. The molecule has 1 fully saturated rings. The van der Waals surface area contributed by atoms with Gasteiger partial charge >= 0.3 is 12.1 Å². The smallest absolute Gasteiger partial charge is 0.410 e. The summed E-state index contributed by atoms with van der Waals surface area (Å²) in [5, 5.41) is 14.7. The van der Waals surface area contributed by atoms with Crippen LogP contribution in [0.25, 0.3) is 0 Å². The zero-order valence-electron chi connectivity index (χ0n) is 21.6. The number of hydrogen-bond acceptors (Lipinski definition) is 5. The van der Waals surface area contributed by atoms with Gasteiger partial charge in [0.2, 0.25) is 11.8 Å². The minimum atomic E-state index is -1.11. The fourth-order valence-electron chi connectivity index (χ4n) is 4.19. The zero-order chi connectivity index (χ0) is 26.4. The van der Waals surface area contributed by atoms with E-state index in [1.165, 1.54) is 6.92 Å². The van der Waals surface area contributed by atoms with Crippen LogP contribution < -0.4 is 10.6 Å². The van der Waals surface area contributed by atoms with E-state index in [1.54, 1.807) is 25.7 Å². The summed E-state index contributed by atoms with van der Waals surface area (Å²) < 4.78 is 5.48. The molecule has 0 spiro atoms. The molecule has 194 valence electrons. The molecule has 1 aliphatic heterocycles. The van der Waals surface area contributed by atoms with Gasteiger partial charge in [-0.1, -0.05) is 44.2 Å². The molecule has 9 heteroatoms. The predicted molar refractivity (Wildman–Crippen MR) is 132 cm³/mol. The van der Waals surface area contributed by atoms with Gasteiger partial charge in [-0.3, -0.25) is 9.59 Å². The molecule has 0 aromatic heterocycles. The van der Waals surface area contributed by atoms with Crippen molar-refractivity contribution >= 4 is 23.9 Å². The minimum absolute atomic E-state index is 0.0813. The number of carbonyl (C=O) groups excluding carboxylic acids is 3. The second kappa shape index (κ2) is 11.6. The fraction of sp³-hybridized carbons (Fsp3) is 0.615. The number of benzene rings is 1. The maximum Gasteiger partial charge on any atom is 0.410 e. The highest BCUT2D eigenvalue weighted by molar-refractivity contribution is 5.94. The van der Waals surface area contributed by atoms with Gasteiger partial charge in [-0.15, -0.1) is 0 Å². The van der Waals surface area contributed by atoms with Crippen LogP contribution in [0, 0.1) is 5.92 Å². The Morgan fingerprint density at radius 1 is 1.03 bits per heavy atom. The number of nitrogens with zero attached hydrogens (tertiary/aromatic N) is 1. The van der Waals surface area contributed by atoms with Crippen LogP contribution in [-0.2, 0) is 24.5 Å². The highest BCUT2D eigenvalue weighted by atomic mass is 16.6. The van der Waals surface area contributed by atoms with Gasteiger partial charge in [0, 0.05) is 13.1 Å². The fourth-order valence-corrected chi connectivity index (χ4v) is 4.19. The Kier molecular flexibility index (Phi) is 9.29. The minimum Gasteiger partial charge on any atom is -0.480 e. The molecule has 1 saturated heterocycles. The van der Waals surface area contributed by atoms with Gasteiger partial charge in [0.1, 0.15) is 17.7 Å². The third-order valence-electron chi connectivity index (χ3n) is 6.09. The largest absolute Gasteiger partial charge is 0.480 e. The van der Waals surface area contributed by atoms with E-state index in [0.29, 0.717) is 25.9 Å². The third kappa shape index (κ3) is 7.70. The summed E-state index contributed by atoms with van der Waals surface area (Å²) in [5.41, 5.74) is -0.746. The molecule has 1 aliphatic rings. The Bertz CT molecular complexity index is 901. The standard InChI is InChI=1S/C26H39N3O6/c1-17(2)16-20(22(31)32)28-21(30)18(3)27-23(33)26(19-10-8-7-9-11-19)12-14-29(15-13-26)24(34)35-25(4,5)6/h7-11,17-18,20H,12-16H2,1-6H3,(H,27,33)(H,28,30)(H,31,32)/t18-,20-/m0/s1. The Hall–Kier alpha value is -3.10. The van der Waals surface area contributed by atoms with Gasteiger partial charge in [-0.05, 0) is 58.4 Å². The Morgan fingerprint density at radius 2 is 1.60 bits per heavy atom. The van der Waals surface area contributed by atoms with Crippen LogP contribution in [-0.4, -0.2) is 64.7 Å². The number of piperidine rings is 1. The topological polar surface area (TPSA) is 125 Å². The lowest BCUT2D eigenvalue weighted by Crippen LogP contribution is -2.57. The summed E-state index contributed by atoms with van der Waals surface area (Å²) in [6.45, 7) is 11.4. The highest BCUT2D eigenvalue weighted by Crippen LogP contribution is 2.36. The average Bonchev–Trinajstić information content (AvgIpc) is 2.77. The number of carboxylic acids is 1. The summed E-state index contributed by atoms with van der Waals surface area (Å²) in [6, 6.07) is 7.35. The van der Waals surface area contributed by atoms with E-state index in [9.17, 15) is 24.3 Å². The lowest BCUT2D eigenvalue weighted by molar-refractivity contribution is -0.142. The number of carbonyl (C=O) groups is 4. The number of carboxylic acid groups (broad SMARTS) is 1. The van der Waals surface area contributed by atoms with Crippen molar-refractivity contribution in [2.75, 3.05) is 13.1 Å². The maximum absolute atomic E-state index is 13.6. The van der Waals surface area contributed by atoms with Crippen LogP contribution in [0.5, 0.6) is 0 Å². The monoisotopic (exact) mass is 489 g/mol. The van der Waals surface area contributed by atoms with E-state index in [2.05, 4.69) is 10.6 Å². The van der Waals surface area contributed by atoms with E-state index in [4.69, 9.17) is 4.74 Å². The van der Waals surface area contributed by atoms with E-state index >= 15 is 0 Å². The highest BCUT2D eigenvalue weighted by Gasteiger charge is 2.45. The molecular weight excluding hydrogens is 450 g/mol. The van der Waals surface area contributed by atoms with Crippen molar-refractivity contribution in [1.29, 1.82) is 0 Å². The van der Waals surface area contributed by atoms with Gasteiger partial charge < -0.3 is 25.4 Å². The normalized spacial score (nSPS) is 17.3. The molecule has 3 N–H and O–H groups in total. The number of aliphatic carboxylic acids is 1. The maximum atomic E-state index is 13.6. The van der Waals surface area contributed by atoms with Gasteiger partial charge in [-0.2, -0.15) is 0 Å². The lowest BCUT2D eigenvalue weighted by atomic mass is 9.72. The summed E-state index contributed by atoms with van der Waals surface area (Å²) in [5.74, 6) is -1.91. The van der Waals surface area contributed by atoms with Gasteiger partial charge in [0.25, 0.3) is 0 Å². The van der Waals surface area contributed by atoms with Crippen LogP contribution in [0.15, 0.2) is 30.3 Å². The van der Waals surface area contributed by atoms with Crippen molar-refractivity contribution in [2.24, 2.45) is 5.92 Å². The first-order chi connectivity index (χ1) is 16.2. The summed E-state index contributed by atoms with van der Waals surface area (Å²) in [6.07, 6.45) is 0.594. The Labute approximate surface area is 207 Å².